The fourth-order valence-corrected chi connectivity index (χ4v) is 4.81. The van der Waals surface area contributed by atoms with Crippen LogP contribution in [0.5, 0.6) is 0 Å². The van der Waals surface area contributed by atoms with Gasteiger partial charge in [-0.3, -0.25) is 0 Å². The number of nitrogens with zero attached hydrogens (tertiary/aromatic N) is 2. The SMILES string of the molecule is Cc1ccc(S(=O)(=O)N2CCCC(c3nc4ccccc4o3)C2)cc1. The Morgan fingerprint density at radius 2 is 1.88 bits per heavy atom. The van der Waals surface area contributed by atoms with Crippen molar-refractivity contribution in [3.63, 3.8) is 0 Å². The van der Waals surface area contributed by atoms with Crippen LogP contribution in [0.1, 0.15) is 30.2 Å². The number of hydrogen-bond donors (Lipinski definition) is 0. The molecule has 3 aromatic rings. The number of benzene rings is 2. The zero-order chi connectivity index (χ0) is 17.4. The second-order valence-electron chi connectivity index (χ2n) is 6.54. The molecule has 1 aromatic heterocycles. The molecule has 1 aliphatic heterocycles. The van der Waals surface area contributed by atoms with Crippen molar-refractivity contribution in [2.75, 3.05) is 13.1 Å². The lowest BCUT2D eigenvalue weighted by atomic mass is 10.00. The van der Waals surface area contributed by atoms with Crippen molar-refractivity contribution in [3.05, 3.63) is 60.0 Å². The van der Waals surface area contributed by atoms with Gasteiger partial charge in [0.1, 0.15) is 5.52 Å². The Labute approximate surface area is 147 Å². The number of aromatic nitrogens is 1. The van der Waals surface area contributed by atoms with E-state index in [9.17, 15) is 8.42 Å². The van der Waals surface area contributed by atoms with Crippen molar-refractivity contribution in [2.45, 2.75) is 30.6 Å². The summed E-state index contributed by atoms with van der Waals surface area (Å²) in [7, 11) is -3.49. The quantitative estimate of drug-likeness (QED) is 0.718. The second-order valence-corrected chi connectivity index (χ2v) is 8.47. The summed E-state index contributed by atoms with van der Waals surface area (Å²) in [6.07, 6.45) is 1.68. The van der Waals surface area contributed by atoms with E-state index in [-0.39, 0.29) is 5.92 Å². The third kappa shape index (κ3) is 3.07. The first-order valence-corrected chi connectivity index (χ1v) is 9.90. The van der Waals surface area contributed by atoms with Gasteiger partial charge in [-0.25, -0.2) is 13.4 Å². The molecule has 1 atom stereocenters. The molecule has 0 amide bonds. The highest BCUT2D eigenvalue weighted by Gasteiger charge is 2.32. The fourth-order valence-electron chi connectivity index (χ4n) is 3.29. The van der Waals surface area contributed by atoms with Crippen LogP contribution >= 0.6 is 0 Å². The van der Waals surface area contributed by atoms with Gasteiger partial charge in [0.2, 0.25) is 10.0 Å². The van der Waals surface area contributed by atoms with E-state index in [2.05, 4.69) is 4.98 Å². The molecule has 1 saturated heterocycles. The number of rotatable bonds is 3. The van der Waals surface area contributed by atoms with Crippen LogP contribution in [0, 0.1) is 6.92 Å². The van der Waals surface area contributed by atoms with Crippen LogP contribution in [0.15, 0.2) is 57.8 Å². The van der Waals surface area contributed by atoms with Gasteiger partial charge in [0, 0.05) is 19.0 Å². The Morgan fingerprint density at radius 1 is 1.12 bits per heavy atom. The Bertz CT molecular complexity index is 960. The van der Waals surface area contributed by atoms with Gasteiger partial charge in [0.15, 0.2) is 11.5 Å². The maximum atomic E-state index is 12.9. The summed E-state index contributed by atoms with van der Waals surface area (Å²) in [5, 5.41) is 0. The summed E-state index contributed by atoms with van der Waals surface area (Å²) in [5.74, 6) is 0.617. The minimum atomic E-state index is -3.49. The van der Waals surface area contributed by atoms with E-state index in [4.69, 9.17) is 4.42 Å². The maximum absolute atomic E-state index is 12.9. The first-order chi connectivity index (χ1) is 12.0. The van der Waals surface area contributed by atoms with Crippen molar-refractivity contribution >= 4 is 21.1 Å². The highest BCUT2D eigenvalue weighted by molar-refractivity contribution is 7.89. The number of para-hydroxylation sites is 2. The maximum Gasteiger partial charge on any atom is 0.243 e. The molecule has 0 saturated carbocycles. The average Bonchev–Trinajstić information content (AvgIpc) is 3.06. The molecule has 0 spiro atoms. The number of oxazole rings is 1. The Kier molecular flexibility index (Phi) is 4.09. The van der Waals surface area contributed by atoms with Crippen LogP contribution in [-0.2, 0) is 10.0 Å². The van der Waals surface area contributed by atoms with Crippen LogP contribution in [0.4, 0.5) is 0 Å². The molecule has 0 N–H and O–H groups in total. The van der Waals surface area contributed by atoms with Gasteiger partial charge in [-0.1, -0.05) is 29.8 Å². The third-order valence-electron chi connectivity index (χ3n) is 4.70. The zero-order valence-corrected chi connectivity index (χ0v) is 14.9. The third-order valence-corrected chi connectivity index (χ3v) is 6.58. The molecule has 1 fully saturated rings. The van der Waals surface area contributed by atoms with Crippen molar-refractivity contribution in [1.82, 2.24) is 9.29 Å². The average molecular weight is 356 g/mol. The van der Waals surface area contributed by atoms with Crippen LogP contribution in [0.2, 0.25) is 0 Å². The molecule has 4 rings (SSSR count). The predicted molar refractivity (Wildman–Crippen MR) is 95.9 cm³/mol. The molecular formula is C19H20N2O3S. The zero-order valence-electron chi connectivity index (χ0n) is 14.1. The van der Waals surface area contributed by atoms with Gasteiger partial charge in [0.05, 0.1) is 4.90 Å². The largest absolute Gasteiger partial charge is 0.440 e. The molecule has 1 aliphatic rings. The molecule has 130 valence electrons. The summed E-state index contributed by atoms with van der Waals surface area (Å²) in [4.78, 5) is 4.89. The van der Waals surface area contributed by atoms with E-state index in [0.717, 1.165) is 29.5 Å². The molecule has 2 heterocycles. The number of aryl methyl sites for hydroxylation is 1. The number of piperidine rings is 1. The van der Waals surface area contributed by atoms with Crippen LogP contribution in [0.25, 0.3) is 11.1 Å². The summed E-state index contributed by atoms with van der Waals surface area (Å²) in [5.41, 5.74) is 2.61. The van der Waals surface area contributed by atoms with Crippen LogP contribution in [-0.4, -0.2) is 30.8 Å². The lowest BCUT2D eigenvalue weighted by Gasteiger charge is -2.30. The van der Waals surface area contributed by atoms with Crippen molar-refractivity contribution in [2.24, 2.45) is 0 Å². The topological polar surface area (TPSA) is 63.4 Å². The highest BCUT2D eigenvalue weighted by atomic mass is 32.2. The molecular weight excluding hydrogens is 336 g/mol. The second kappa shape index (κ2) is 6.28. The van der Waals surface area contributed by atoms with E-state index in [1.165, 1.54) is 0 Å². The number of hydrogen-bond acceptors (Lipinski definition) is 4. The van der Waals surface area contributed by atoms with Gasteiger partial charge in [-0.05, 0) is 44.0 Å². The molecule has 1 unspecified atom stereocenters. The Morgan fingerprint density at radius 3 is 2.64 bits per heavy atom. The number of fused-ring (bicyclic) bond motifs is 1. The summed E-state index contributed by atoms with van der Waals surface area (Å²) in [6.45, 7) is 2.89. The van der Waals surface area contributed by atoms with E-state index >= 15 is 0 Å². The molecule has 5 nitrogen and oxygen atoms in total. The lowest BCUT2D eigenvalue weighted by Crippen LogP contribution is -2.39. The Balaban J connectivity index is 1.61. The normalized spacial score (nSPS) is 19.3. The van der Waals surface area contributed by atoms with Crippen LogP contribution < -0.4 is 0 Å². The van der Waals surface area contributed by atoms with E-state index < -0.39 is 10.0 Å². The van der Waals surface area contributed by atoms with E-state index in [1.54, 1.807) is 16.4 Å². The molecule has 2 aromatic carbocycles. The highest BCUT2D eigenvalue weighted by Crippen LogP contribution is 2.31. The molecule has 0 aliphatic carbocycles. The minimum Gasteiger partial charge on any atom is -0.440 e. The lowest BCUT2D eigenvalue weighted by molar-refractivity contribution is 0.288. The van der Waals surface area contributed by atoms with E-state index in [1.807, 2.05) is 43.3 Å². The van der Waals surface area contributed by atoms with Crippen molar-refractivity contribution in [3.8, 4) is 0 Å². The van der Waals surface area contributed by atoms with Crippen molar-refractivity contribution in [1.29, 1.82) is 0 Å². The van der Waals surface area contributed by atoms with Gasteiger partial charge in [-0.2, -0.15) is 4.31 Å². The summed E-state index contributed by atoms with van der Waals surface area (Å²) < 4.78 is 33.3. The predicted octanol–water partition coefficient (Wildman–Crippen LogP) is 3.70. The molecule has 0 bridgehead atoms. The molecule has 25 heavy (non-hydrogen) atoms. The minimum absolute atomic E-state index is 0.0126. The smallest absolute Gasteiger partial charge is 0.243 e. The van der Waals surface area contributed by atoms with Gasteiger partial charge in [0.25, 0.3) is 0 Å². The van der Waals surface area contributed by atoms with Crippen LogP contribution in [0.3, 0.4) is 0 Å². The van der Waals surface area contributed by atoms with Gasteiger partial charge < -0.3 is 4.42 Å². The van der Waals surface area contributed by atoms with Crippen molar-refractivity contribution < 1.29 is 12.8 Å². The van der Waals surface area contributed by atoms with Gasteiger partial charge in [-0.15, -0.1) is 0 Å². The summed E-state index contributed by atoms with van der Waals surface area (Å²) in [6, 6.07) is 14.6. The number of sulfonamides is 1. The standard InChI is InChI=1S/C19H20N2O3S/c1-14-8-10-16(11-9-14)25(22,23)21-12-4-5-15(13-21)19-20-17-6-2-3-7-18(17)24-19/h2-3,6-11,15H,4-5,12-13H2,1H3. The molecule has 0 radical (unpaired) electrons. The monoisotopic (exact) mass is 356 g/mol. The van der Waals surface area contributed by atoms with E-state index in [0.29, 0.717) is 23.9 Å². The first kappa shape index (κ1) is 16.3. The Hall–Kier alpha value is -2.18. The van der Waals surface area contributed by atoms with Gasteiger partial charge >= 0.3 is 0 Å². The molecule has 6 heteroatoms. The fraction of sp³-hybridized carbons (Fsp3) is 0.316. The summed E-state index contributed by atoms with van der Waals surface area (Å²) >= 11 is 0. The first-order valence-electron chi connectivity index (χ1n) is 8.46.